The molecule has 0 saturated carbocycles. The summed E-state index contributed by atoms with van der Waals surface area (Å²) in [7, 11) is 0. The molecule has 4 atom stereocenters. The Morgan fingerprint density at radius 3 is 1.67 bits per heavy atom. The largest absolute Gasteiger partial charge is 0.480 e. The summed E-state index contributed by atoms with van der Waals surface area (Å²) in [6.07, 6.45) is 2.21. The van der Waals surface area contributed by atoms with E-state index in [1.54, 1.807) is 18.5 Å². The number of aromatic amines is 2. The van der Waals surface area contributed by atoms with Gasteiger partial charge in [-0.25, -0.2) is 4.79 Å². The molecule has 0 aliphatic heterocycles. The Balaban J connectivity index is 1.59. The molecular weight excluding hydrogens is 596 g/mol. The van der Waals surface area contributed by atoms with Gasteiger partial charge in [-0.15, -0.1) is 0 Å². The van der Waals surface area contributed by atoms with Gasteiger partial charge < -0.3 is 48.2 Å². The number of fused-ring (bicyclic) bond motifs is 2. The van der Waals surface area contributed by atoms with Crippen LogP contribution in [0.25, 0.3) is 21.8 Å². The van der Waals surface area contributed by atoms with Gasteiger partial charge in [0.15, 0.2) is 0 Å². The van der Waals surface area contributed by atoms with Crippen LogP contribution in [-0.2, 0) is 41.6 Å². The molecular formula is C31H36N8O7. The molecule has 2 heterocycles. The molecule has 0 radical (unpaired) electrons. The molecule has 4 rings (SSSR count). The number of carbonyl (C=O) groups excluding carboxylic acids is 5. The van der Waals surface area contributed by atoms with E-state index in [9.17, 15) is 33.9 Å². The SMILES string of the molecule is NC(=O)CCC(NC(=O)C(N)CC(N)=O)C(=O)NC(Cc1c[nH]c2ccccc12)C(=O)NC(Cc1c[nH]c2ccccc12)C(=O)O. The molecule has 15 nitrogen and oxygen atoms in total. The van der Waals surface area contributed by atoms with Crippen LogP contribution in [0.2, 0.25) is 0 Å². The number of hydrogen-bond acceptors (Lipinski definition) is 7. The van der Waals surface area contributed by atoms with Crippen molar-refractivity contribution in [2.75, 3.05) is 0 Å². The predicted molar refractivity (Wildman–Crippen MR) is 168 cm³/mol. The van der Waals surface area contributed by atoms with Crippen molar-refractivity contribution in [2.24, 2.45) is 17.2 Å². The van der Waals surface area contributed by atoms with E-state index >= 15 is 0 Å². The van der Waals surface area contributed by atoms with Crippen LogP contribution >= 0.6 is 0 Å². The average Bonchev–Trinajstić information content (AvgIpc) is 3.61. The van der Waals surface area contributed by atoms with E-state index < -0.39 is 66.1 Å². The first kappa shape index (κ1) is 33.2. The van der Waals surface area contributed by atoms with E-state index in [0.717, 1.165) is 21.8 Å². The fourth-order valence-corrected chi connectivity index (χ4v) is 5.14. The fraction of sp³-hybridized carbons (Fsp3) is 0.290. The topological polar surface area (TPSA) is 268 Å². The molecule has 15 heteroatoms. The summed E-state index contributed by atoms with van der Waals surface area (Å²) < 4.78 is 0. The summed E-state index contributed by atoms with van der Waals surface area (Å²) in [4.78, 5) is 81.2. The van der Waals surface area contributed by atoms with Gasteiger partial charge in [0.1, 0.15) is 18.1 Å². The number of H-pyrrole nitrogens is 2. The van der Waals surface area contributed by atoms with Crippen LogP contribution in [0.1, 0.15) is 30.4 Å². The monoisotopic (exact) mass is 632 g/mol. The van der Waals surface area contributed by atoms with E-state index in [1.807, 2.05) is 42.5 Å². The molecule has 0 saturated heterocycles. The average molecular weight is 633 g/mol. The molecule has 4 unspecified atom stereocenters. The summed E-state index contributed by atoms with van der Waals surface area (Å²) in [6.45, 7) is 0. The summed E-state index contributed by atoms with van der Waals surface area (Å²) in [5.41, 5.74) is 19.0. The highest BCUT2D eigenvalue weighted by Crippen LogP contribution is 2.21. The zero-order valence-electron chi connectivity index (χ0n) is 24.7. The summed E-state index contributed by atoms with van der Waals surface area (Å²) in [5, 5.41) is 19.1. The van der Waals surface area contributed by atoms with Crippen molar-refractivity contribution >= 4 is 57.3 Å². The highest BCUT2D eigenvalue weighted by Gasteiger charge is 2.32. The molecule has 2 aromatic heterocycles. The third-order valence-electron chi connectivity index (χ3n) is 7.52. The smallest absolute Gasteiger partial charge is 0.326 e. The minimum atomic E-state index is -1.38. The predicted octanol–water partition coefficient (Wildman–Crippen LogP) is -0.558. The van der Waals surface area contributed by atoms with Crippen LogP contribution in [-0.4, -0.2) is 74.7 Å². The summed E-state index contributed by atoms with van der Waals surface area (Å²) >= 11 is 0. The second-order valence-electron chi connectivity index (χ2n) is 10.9. The molecule has 0 aliphatic carbocycles. The number of rotatable bonds is 16. The Morgan fingerprint density at radius 1 is 0.674 bits per heavy atom. The normalized spacial score (nSPS) is 13.8. The van der Waals surface area contributed by atoms with Crippen molar-refractivity contribution in [2.45, 2.75) is 56.3 Å². The quantitative estimate of drug-likeness (QED) is 0.0771. The molecule has 5 amide bonds. The first-order valence-electron chi connectivity index (χ1n) is 14.5. The van der Waals surface area contributed by atoms with Crippen LogP contribution in [0.15, 0.2) is 60.9 Å². The first-order chi connectivity index (χ1) is 21.9. The lowest BCUT2D eigenvalue weighted by atomic mass is 10.0. The number of nitrogens with two attached hydrogens (primary N) is 3. The molecule has 0 bridgehead atoms. The van der Waals surface area contributed by atoms with E-state index in [-0.39, 0.29) is 25.7 Å². The van der Waals surface area contributed by atoms with E-state index in [1.165, 1.54) is 0 Å². The maximum Gasteiger partial charge on any atom is 0.326 e. The molecule has 12 N–H and O–H groups in total. The third-order valence-corrected chi connectivity index (χ3v) is 7.52. The Labute approximate surface area is 262 Å². The second-order valence-corrected chi connectivity index (χ2v) is 10.9. The maximum atomic E-state index is 13.7. The fourth-order valence-electron chi connectivity index (χ4n) is 5.14. The molecule has 46 heavy (non-hydrogen) atoms. The van der Waals surface area contributed by atoms with Crippen LogP contribution in [0.4, 0.5) is 0 Å². The molecule has 2 aromatic carbocycles. The number of nitrogens with one attached hydrogen (secondary N) is 5. The Bertz CT molecular complexity index is 1760. The van der Waals surface area contributed by atoms with E-state index in [2.05, 4.69) is 25.9 Å². The Kier molecular flexibility index (Phi) is 10.7. The van der Waals surface area contributed by atoms with E-state index in [4.69, 9.17) is 17.2 Å². The number of hydrogen-bond donors (Lipinski definition) is 9. The Hall–Kier alpha value is -5.70. The standard InChI is InChI=1S/C31H36N8O7/c32-20(13-27(34)41)28(42)37-23(9-10-26(33)40)29(43)38-24(11-16-14-35-21-7-3-1-5-18(16)21)30(44)39-25(31(45)46)12-17-15-36-22-8-4-2-6-19(17)22/h1-8,14-15,20,23-25,35-36H,9-13,32H2,(H2,33,40)(H2,34,41)(H,37,42)(H,38,43)(H,39,44)(H,45,46). The number of aliphatic carboxylic acids is 1. The number of carbonyl (C=O) groups is 6. The van der Waals surface area contributed by atoms with Gasteiger partial charge in [0.2, 0.25) is 29.5 Å². The van der Waals surface area contributed by atoms with Gasteiger partial charge >= 0.3 is 5.97 Å². The molecule has 0 aliphatic rings. The Morgan fingerprint density at radius 2 is 1.15 bits per heavy atom. The lowest BCUT2D eigenvalue weighted by Gasteiger charge is -2.25. The minimum Gasteiger partial charge on any atom is -0.480 e. The highest BCUT2D eigenvalue weighted by atomic mass is 16.4. The summed E-state index contributed by atoms with van der Waals surface area (Å²) in [6, 6.07) is 9.19. The van der Waals surface area contributed by atoms with Gasteiger partial charge in [0.05, 0.1) is 12.5 Å². The van der Waals surface area contributed by atoms with Crippen molar-refractivity contribution in [1.82, 2.24) is 25.9 Å². The number of carboxylic acid groups (broad SMARTS) is 1. The van der Waals surface area contributed by atoms with Crippen molar-refractivity contribution < 1.29 is 33.9 Å². The molecule has 0 spiro atoms. The van der Waals surface area contributed by atoms with Crippen LogP contribution in [0.5, 0.6) is 0 Å². The molecule has 242 valence electrons. The number of para-hydroxylation sites is 2. The maximum absolute atomic E-state index is 13.7. The van der Waals surface area contributed by atoms with Gasteiger partial charge in [0.25, 0.3) is 0 Å². The zero-order valence-corrected chi connectivity index (χ0v) is 24.7. The number of amides is 5. The lowest BCUT2D eigenvalue weighted by Crippen LogP contribution is -2.58. The highest BCUT2D eigenvalue weighted by molar-refractivity contribution is 5.96. The molecule has 4 aromatic rings. The summed E-state index contributed by atoms with van der Waals surface area (Å²) in [5.74, 6) is -5.41. The third kappa shape index (κ3) is 8.47. The van der Waals surface area contributed by atoms with E-state index in [0.29, 0.717) is 11.1 Å². The van der Waals surface area contributed by atoms with Gasteiger partial charge in [-0.3, -0.25) is 24.0 Å². The van der Waals surface area contributed by atoms with Gasteiger partial charge in [-0.2, -0.15) is 0 Å². The number of aromatic nitrogens is 2. The number of carboxylic acids is 1. The van der Waals surface area contributed by atoms with Crippen molar-refractivity contribution in [3.63, 3.8) is 0 Å². The lowest BCUT2D eigenvalue weighted by molar-refractivity contribution is -0.142. The van der Waals surface area contributed by atoms with Crippen LogP contribution in [0, 0.1) is 0 Å². The number of primary amides is 2. The van der Waals surface area contributed by atoms with Crippen molar-refractivity contribution in [3.8, 4) is 0 Å². The minimum absolute atomic E-state index is 0.0477. The van der Waals surface area contributed by atoms with Crippen LogP contribution in [0.3, 0.4) is 0 Å². The van der Waals surface area contributed by atoms with Gasteiger partial charge in [0, 0.05) is 53.5 Å². The number of benzene rings is 2. The van der Waals surface area contributed by atoms with Crippen LogP contribution < -0.4 is 33.2 Å². The molecule has 0 fully saturated rings. The second kappa shape index (κ2) is 14.9. The van der Waals surface area contributed by atoms with Crippen molar-refractivity contribution in [1.29, 1.82) is 0 Å². The van der Waals surface area contributed by atoms with Gasteiger partial charge in [-0.1, -0.05) is 36.4 Å². The first-order valence-corrected chi connectivity index (χ1v) is 14.5. The van der Waals surface area contributed by atoms with Crippen molar-refractivity contribution in [3.05, 3.63) is 72.1 Å². The van der Waals surface area contributed by atoms with Gasteiger partial charge in [-0.05, 0) is 29.7 Å². The zero-order chi connectivity index (χ0) is 33.4.